The van der Waals surface area contributed by atoms with Gasteiger partial charge in [-0.15, -0.1) is 0 Å². The molecule has 168 valence electrons. The van der Waals surface area contributed by atoms with Crippen LogP contribution in [0.1, 0.15) is 24.4 Å². The molecule has 1 aromatic carbocycles. The molecule has 1 aliphatic heterocycles. The van der Waals surface area contributed by atoms with E-state index in [1.807, 2.05) is 19.1 Å². The number of hydrogen-bond donors (Lipinski definition) is 0. The Labute approximate surface area is 191 Å². The summed E-state index contributed by atoms with van der Waals surface area (Å²) in [6.45, 7) is 3.51. The summed E-state index contributed by atoms with van der Waals surface area (Å²) >= 11 is 6.22. The van der Waals surface area contributed by atoms with Gasteiger partial charge in [0.1, 0.15) is 24.6 Å². The molecule has 1 aliphatic carbocycles. The van der Waals surface area contributed by atoms with E-state index in [0.29, 0.717) is 34.4 Å². The molecule has 0 amide bonds. The third-order valence-corrected chi connectivity index (χ3v) is 6.89. The van der Waals surface area contributed by atoms with Crippen molar-refractivity contribution >= 4 is 17.4 Å². The zero-order valence-electron chi connectivity index (χ0n) is 18.0. The SMILES string of the molecule is Cc1cc(N2CC3CCC(C2)C3Cc2nc(Oc3ccccc3Cl)n(CCF)n2)ncn1. The minimum atomic E-state index is -0.538. The van der Waals surface area contributed by atoms with E-state index < -0.39 is 6.67 Å². The van der Waals surface area contributed by atoms with Crippen LogP contribution >= 0.6 is 11.6 Å². The minimum absolute atomic E-state index is 0.102. The van der Waals surface area contributed by atoms with Gasteiger partial charge < -0.3 is 9.64 Å². The van der Waals surface area contributed by atoms with Crippen molar-refractivity contribution in [2.75, 3.05) is 24.7 Å². The summed E-state index contributed by atoms with van der Waals surface area (Å²) in [5.41, 5.74) is 0.984. The molecule has 0 radical (unpaired) electrons. The molecule has 0 spiro atoms. The standard InChI is InChI=1S/C23H26ClFN6O/c1-15-10-22(27-14-26-15)30-12-16-6-7-17(13-30)18(16)11-21-28-23(31(29-21)9-8-25)32-20-5-3-2-4-19(20)24/h2-5,10,14,16-18H,6-9,11-13H2,1H3. The Kier molecular flexibility index (Phi) is 5.95. The number of para-hydroxylation sites is 1. The smallest absolute Gasteiger partial charge is 0.320 e. The number of ether oxygens (including phenoxy) is 1. The zero-order chi connectivity index (χ0) is 22.1. The second-order valence-electron chi connectivity index (χ2n) is 8.64. The van der Waals surface area contributed by atoms with Crippen LogP contribution in [0.2, 0.25) is 5.02 Å². The summed E-state index contributed by atoms with van der Waals surface area (Å²) in [6.07, 6.45) is 4.80. The zero-order valence-corrected chi connectivity index (χ0v) is 18.7. The molecule has 2 atom stereocenters. The fraction of sp³-hybridized carbons (Fsp3) is 0.478. The fourth-order valence-electron chi connectivity index (χ4n) is 5.07. The van der Waals surface area contributed by atoms with Gasteiger partial charge in [0.2, 0.25) is 0 Å². The number of aromatic nitrogens is 5. The van der Waals surface area contributed by atoms with Crippen LogP contribution in [0.4, 0.5) is 10.2 Å². The van der Waals surface area contributed by atoms with Crippen molar-refractivity contribution in [3.05, 3.63) is 53.2 Å². The molecule has 5 rings (SSSR count). The van der Waals surface area contributed by atoms with Crippen LogP contribution in [0.15, 0.2) is 36.7 Å². The van der Waals surface area contributed by atoms with Crippen LogP contribution in [-0.2, 0) is 13.0 Å². The highest BCUT2D eigenvalue weighted by molar-refractivity contribution is 6.32. The highest BCUT2D eigenvalue weighted by Crippen LogP contribution is 2.44. The van der Waals surface area contributed by atoms with E-state index in [1.54, 1.807) is 18.5 Å². The van der Waals surface area contributed by atoms with Gasteiger partial charge in [0, 0.05) is 31.3 Å². The largest absolute Gasteiger partial charge is 0.423 e. The molecule has 2 aromatic heterocycles. The van der Waals surface area contributed by atoms with Crippen molar-refractivity contribution in [3.8, 4) is 11.8 Å². The Morgan fingerprint density at radius 1 is 1.16 bits per heavy atom. The van der Waals surface area contributed by atoms with Gasteiger partial charge in [-0.3, -0.25) is 0 Å². The maximum atomic E-state index is 13.1. The minimum Gasteiger partial charge on any atom is -0.423 e. The second kappa shape index (κ2) is 9.02. The first-order valence-corrected chi connectivity index (χ1v) is 11.4. The molecule has 1 saturated carbocycles. The topological polar surface area (TPSA) is 69.0 Å². The Bertz CT molecular complexity index is 1080. The molecule has 3 aromatic rings. The highest BCUT2D eigenvalue weighted by Gasteiger charge is 2.42. The normalized spacial score (nSPS) is 22.3. The highest BCUT2D eigenvalue weighted by atomic mass is 35.5. The van der Waals surface area contributed by atoms with Crippen molar-refractivity contribution in [3.63, 3.8) is 0 Å². The first kappa shape index (κ1) is 21.1. The van der Waals surface area contributed by atoms with Crippen LogP contribution < -0.4 is 9.64 Å². The molecule has 32 heavy (non-hydrogen) atoms. The van der Waals surface area contributed by atoms with Crippen LogP contribution in [0.5, 0.6) is 11.8 Å². The van der Waals surface area contributed by atoms with E-state index in [-0.39, 0.29) is 12.6 Å². The van der Waals surface area contributed by atoms with E-state index in [2.05, 4.69) is 31.0 Å². The average Bonchev–Trinajstić information content (AvgIpc) is 3.25. The molecule has 2 fully saturated rings. The number of fused-ring (bicyclic) bond motifs is 2. The summed E-state index contributed by atoms with van der Waals surface area (Å²) in [5, 5.41) is 5.05. The number of hydrogen-bond acceptors (Lipinski definition) is 6. The Hall–Kier alpha value is -2.74. The predicted molar refractivity (Wildman–Crippen MR) is 120 cm³/mol. The number of alkyl halides is 1. The lowest BCUT2D eigenvalue weighted by Gasteiger charge is -2.38. The lowest BCUT2D eigenvalue weighted by atomic mass is 9.82. The molecule has 9 heteroatoms. The van der Waals surface area contributed by atoms with E-state index in [9.17, 15) is 4.39 Å². The van der Waals surface area contributed by atoms with E-state index >= 15 is 0 Å². The number of nitrogens with zero attached hydrogens (tertiary/aromatic N) is 6. The van der Waals surface area contributed by atoms with Crippen molar-refractivity contribution in [2.45, 2.75) is 32.7 Å². The van der Waals surface area contributed by atoms with Crippen LogP contribution in [0.3, 0.4) is 0 Å². The third kappa shape index (κ3) is 4.28. The second-order valence-corrected chi connectivity index (χ2v) is 9.05. The number of benzene rings is 1. The number of rotatable bonds is 7. The monoisotopic (exact) mass is 456 g/mol. The van der Waals surface area contributed by atoms with E-state index in [0.717, 1.165) is 31.0 Å². The maximum Gasteiger partial charge on any atom is 0.320 e. The number of aryl methyl sites for hydroxylation is 2. The lowest BCUT2D eigenvalue weighted by Crippen LogP contribution is -2.43. The number of piperidine rings is 1. The molecule has 7 nitrogen and oxygen atoms in total. The average molecular weight is 457 g/mol. The van der Waals surface area contributed by atoms with Gasteiger partial charge >= 0.3 is 6.01 Å². The molecule has 3 heterocycles. The predicted octanol–water partition coefficient (Wildman–Crippen LogP) is 4.50. The molecular weight excluding hydrogens is 431 g/mol. The van der Waals surface area contributed by atoms with Gasteiger partial charge in [-0.05, 0) is 49.7 Å². The van der Waals surface area contributed by atoms with Gasteiger partial charge in [0.05, 0.1) is 11.6 Å². The Morgan fingerprint density at radius 2 is 1.94 bits per heavy atom. The molecular formula is C23H26ClFN6O. The van der Waals surface area contributed by atoms with Gasteiger partial charge in [0.25, 0.3) is 0 Å². The first-order chi connectivity index (χ1) is 15.6. The third-order valence-electron chi connectivity index (χ3n) is 6.58. The van der Waals surface area contributed by atoms with E-state index in [1.165, 1.54) is 17.5 Å². The van der Waals surface area contributed by atoms with Crippen molar-refractivity contribution in [2.24, 2.45) is 17.8 Å². The molecule has 1 saturated heterocycles. The van der Waals surface area contributed by atoms with Gasteiger partial charge in [-0.25, -0.2) is 19.0 Å². The van der Waals surface area contributed by atoms with Crippen LogP contribution in [0.25, 0.3) is 0 Å². The van der Waals surface area contributed by atoms with Crippen molar-refractivity contribution in [1.29, 1.82) is 0 Å². The lowest BCUT2D eigenvalue weighted by molar-refractivity contribution is 0.264. The Morgan fingerprint density at radius 3 is 2.66 bits per heavy atom. The van der Waals surface area contributed by atoms with Gasteiger partial charge in [-0.2, -0.15) is 10.1 Å². The summed E-state index contributed by atoms with van der Waals surface area (Å²) in [7, 11) is 0. The Balaban J connectivity index is 1.32. The van der Waals surface area contributed by atoms with Gasteiger partial charge in [0.15, 0.2) is 5.82 Å². The number of halogens is 2. The molecule has 2 unspecified atom stereocenters. The summed E-state index contributed by atoms with van der Waals surface area (Å²) in [5.74, 6) is 3.82. The van der Waals surface area contributed by atoms with Gasteiger partial charge in [-0.1, -0.05) is 23.7 Å². The summed E-state index contributed by atoms with van der Waals surface area (Å²) in [6, 6.07) is 9.52. The van der Waals surface area contributed by atoms with Crippen molar-refractivity contribution < 1.29 is 9.13 Å². The molecule has 2 aliphatic rings. The summed E-state index contributed by atoms with van der Waals surface area (Å²) < 4.78 is 20.5. The molecule has 0 N–H and O–H groups in total. The molecule has 2 bridgehead atoms. The number of anilines is 1. The first-order valence-electron chi connectivity index (χ1n) is 11.1. The quantitative estimate of drug-likeness (QED) is 0.521. The van der Waals surface area contributed by atoms with Crippen molar-refractivity contribution in [1.82, 2.24) is 24.7 Å². The van der Waals surface area contributed by atoms with Crippen LogP contribution in [0, 0.1) is 24.7 Å². The maximum absolute atomic E-state index is 13.1. The summed E-state index contributed by atoms with van der Waals surface area (Å²) in [4.78, 5) is 15.7. The van der Waals surface area contributed by atoms with Crippen LogP contribution in [-0.4, -0.2) is 44.5 Å². The van der Waals surface area contributed by atoms with E-state index in [4.69, 9.17) is 16.3 Å². The fourth-order valence-corrected chi connectivity index (χ4v) is 5.24.